The van der Waals surface area contributed by atoms with E-state index in [1.54, 1.807) is 55.6 Å². The third kappa shape index (κ3) is 9.79. The van der Waals surface area contributed by atoms with E-state index in [9.17, 15) is 19.2 Å². The lowest BCUT2D eigenvalue weighted by atomic mass is 10.2. The highest BCUT2D eigenvalue weighted by atomic mass is 16.5. The van der Waals surface area contributed by atoms with Crippen LogP contribution in [0.5, 0.6) is 17.2 Å². The van der Waals surface area contributed by atoms with Crippen molar-refractivity contribution < 1.29 is 38.1 Å². The Labute approximate surface area is 232 Å². The molecule has 3 aromatic rings. The van der Waals surface area contributed by atoms with Crippen LogP contribution in [0.4, 0.5) is 11.4 Å². The summed E-state index contributed by atoms with van der Waals surface area (Å²) < 4.78 is 21.2. The Hall–Kier alpha value is -4.86. The molecule has 3 rings (SSSR count). The molecule has 3 aromatic carbocycles. The molecule has 0 unspecified atom stereocenters. The third-order valence-corrected chi connectivity index (χ3v) is 5.49. The Morgan fingerprint density at radius 3 is 2.00 bits per heavy atom. The monoisotopic (exact) mass is 548 g/mol. The van der Waals surface area contributed by atoms with Crippen molar-refractivity contribution in [2.75, 3.05) is 31.0 Å². The molecular weight excluding hydrogens is 516 g/mol. The average Bonchev–Trinajstić information content (AvgIpc) is 2.96. The number of nitrogens with one attached hydrogen (secondary N) is 2. The van der Waals surface area contributed by atoms with Crippen molar-refractivity contribution in [1.29, 1.82) is 0 Å². The Morgan fingerprint density at radius 1 is 0.725 bits per heavy atom. The number of unbranched alkanes of at least 4 members (excludes halogenated alkanes) is 1. The van der Waals surface area contributed by atoms with E-state index in [2.05, 4.69) is 10.6 Å². The number of methoxy groups -OCH3 is 1. The van der Waals surface area contributed by atoms with Gasteiger partial charge in [0.25, 0.3) is 5.91 Å². The zero-order valence-corrected chi connectivity index (χ0v) is 22.4. The summed E-state index contributed by atoms with van der Waals surface area (Å²) >= 11 is 0. The lowest BCUT2D eigenvalue weighted by Gasteiger charge is -2.11. The number of rotatable bonds is 14. The molecular formula is C30H32N2O8. The van der Waals surface area contributed by atoms with E-state index in [0.29, 0.717) is 40.8 Å². The molecule has 0 bridgehead atoms. The van der Waals surface area contributed by atoms with Gasteiger partial charge < -0.3 is 29.6 Å². The predicted molar refractivity (Wildman–Crippen MR) is 149 cm³/mol. The van der Waals surface area contributed by atoms with E-state index in [4.69, 9.17) is 18.9 Å². The third-order valence-electron chi connectivity index (χ3n) is 5.49. The maximum atomic E-state index is 12.2. The SMILES string of the molecule is CCCCOC(=O)c1ccc(NC(=O)COC(=O)CCC(=O)Nc2ccc(Oc3ccccc3OC)cc2)cc1. The summed E-state index contributed by atoms with van der Waals surface area (Å²) in [7, 11) is 1.56. The second-order valence-electron chi connectivity index (χ2n) is 8.60. The van der Waals surface area contributed by atoms with Crippen LogP contribution >= 0.6 is 0 Å². The molecule has 10 nitrogen and oxygen atoms in total. The number of hydrogen-bond acceptors (Lipinski definition) is 8. The number of esters is 2. The highest BCUT2D eigenvalue weighted by molar-refractivity contribution is 5.95. The van der Waals surface area contributed by atoms with E-state index in [-0.39, 0.29) is 18.7 Å². The van der Waals surface area contributed by atoms with Gasteiger partial charge >= 0.3 is 11.9 Å². The van der Waals surface area contributed by atoms with Gasteiger partial charge in [-0.05, 0) is 67.1 Å². The summed E-state index contributed by atoms with van der Waals surface area (Å²) in [5, 5.41) is 5.27. The first-order chi connectivity index (χ1) is 19.4. The molecule has 40 heavy (non-hydrogen) atoms. The summed E-state index contributed by atoms with van der Waals surface area (Å²) in [6.07, 6.45) is 1.41. The normalized spacial score (nSPS) is 10.2. The van der Waals surface area contributed by atoms with Gasteiger partial charge in [0.15, 0.2) is 18.1 Å². The number of benzene rings is 3. The zero-order valence-electron chi connectivity index (χ0n) is 22.4. The predicted octanol–water partition coefficient (Wildman–Crippen LogP) is 5.35. The number of ether oxygens (including phenoxy) is 4. The van der Waals surface area contributed by atoms with Crippen LogP contribution in [0.3, 0.4) is 0 Å². The molecule has 0 radical (unpaired) electrons. The molecule has 210 valence electrons. The van der Waals surface area contributed by atoms with Crippen LogP contribution in [0.15, 0.2) is 72.8 Å². The number of para-hydroxylation sites is 2. The minimum absolute atomic E-state index is 0.115. The number of hydrogen-bond donors (Lipinski definition) is 2. The molecule has 0 aliphatic rings. The number of carbonyl (C=O) groups excluding carboxylic acids is 4. The van der Waals surface area contributed by atoms with Crippen LogP contribution in [0.25, 0.3) is 0 Å². The van der Waals surface area contributed by atoms with Gasteiger partial charge in [0.2, 0.25) is 5.91 Å². The molecule has 0 fully saturated rings. The summed E-state index contributed by atoms with van der Waals surface area (Å²) in [6.45, 7) is 1.85. The first-order valence-electron chi connectivity index (χ1n) is 12.8. The molecule has 0 atom stereocenters. The first-order valence-corrected chi connectivity index (χ1v) is 12.8. The van der Waals surface area contributed by atoms with Gasteiger partial charge in [-0.1, -0.05) is 25.5 Å². The summed E-state index contributed by atoms with van der Waals surface area (Å²) in [4.78, 5) is 48.2. The first kappa shape index (κ1) is 29.7. The second-order valence-corrected chi connectivity index (χ2v) is 8.60. The molecule has 2 N–H and O–H groups in total. The van der Waals surface area contributed by atoms with Gasteiger partial charge in [0, 0.05) is 17.8 Å². The van der Waals surface area contributed by atoms with Crippen LogP contribution in [-0.4, -0.2) is 44.1 Å². The smallest absolute Gasteiger partial charge is 0.338 e. The van der Waals surface area contributed by atoms with Crippen LogP contribution in [0.2, 0.25) is 0 Å². The second kappa shape index (κ2) is 15.5. The van der Waals surface area contributed by atoms with Crippen molar-refractivity contribution in [2.24, 2.45) is 0 Å². The molecule has 0 saturated heterocycles. The van der Waals surface area contributed by atoms with Gasteiger partial charge in [-0.2, -0.15) is 0 Å². The van der Waals surface area contributed by atoms with E-state index >= 15 is 0 Å². The Balaban J connectivity index is 1.35. The van der Waals surface area contributed by atoms with Gasteiger partial charge in [-0.25, -0.2) is 4.79 Å². The average molecular weight is 549 g/mol. The Bertz CT molecular complexity index is 1290. The van der Waals surface area contributed by atoms with Crippen molar-refractivity contribution >= 4 is 35.1 Å². The maximum absolute atomic E-state index is 12.2. The van der Waals surface area contributed by atoms with Crippen molar-refractivity contribution in [2.45, 2.75) is 32.6 Å². The quantitative estimate of drug-likeness (QED) is 0.204. The standard InChI is InChI=1S/C30H32N2O8/c1-3-4-19-38-30(36)21-9-11-22(12-10-21)32-28(34)20-39-29(35)18-17-27(33)31-23-13-15-24(16-14-23)40-26-8-6-5-7-25(26)37-2/h5-16H,3-4,17-20H2,1-2H3,(H,31,33)(H,32,34). The van der Waals surface area contributed by atoms with Gasteiger partial charge in [0.05, 0.1) is 25.7 Å². The number of amides is 2. The van der Waals surface area contributed by atoms with Gasteiger partial charge in [0.1, 0.15) is 5.75 Å². The van der Waals surface area contributed by atoms with Crippen molar-refractivity contribution in [1.82, 2.24) is 0 Å². The van der Waals surface area contributed by atoms with Crippen LogP contribution in [-0.2, 0) is 23.9 Å². The molecule has 0 spiro atoms. The van der Waals surface area contributed by atoms with Crippen LogP contribution < -0.4 is 20.1 Å². The van der Waals surface area contributed by atoms with Crippen LogP contribution in [0, 0.1) is 0 Å². The molecule has 0 aromatic heterocycles. The molecule has 0 heterocycles. The summed E-state index contributed by atoms with van der Waals surface area (Å²) in [5.74, 6) is -0.327. The molecule has 2 amide bonds. The molecule has 0 saturated carbocycles. The Morgan fingerprint density at radius 2 is 1.35 bits per heavy atom. The fraction of sp³-hybridized carbons (Fsp3) is 0.267. The summed E-state index contributed by atoms with van der Waals surface area (Å²) in [5.41, 5.74) is 1.34. The van der Waals surface area contributed by atoms with Gasteiger partial charge in [-0.3, -0.25) is 14.4 Å². The maximum Gasteiger partial charge on any atom is 0.338 e. The largest absolute Gasteiger partial charge is 0.493 e. The van der Waals surface area contributed by atoms with Crippen LogP contribution in [0.1, 0.15) is 43.0 Å². The van der Waals surface area contributed by atoms with Gasteiger partial charge in [-0.15, -0.1) is 0 Å². The fourth-order valence-corrected chi connectivity index (χ4v) is 3.37. The highest BCUT2D eigenvalue weighted by Crippen LogP contribution is 2.31. The molecule has 0 aliphatic carbocycles. The number of anilines is 2. The zero-order chi connectivity index (χ0) is 28.7. The lowest BCUT2D eigenvalue weighted by molar-refractivity contribution is -0.147. The molecule has 10 heteroatoms. The highest BCUT2D eigenvalue weighted by Gasteiger charge is 2.12. The minimum atomic E-state index is -0.684. The van der Waals surface area contributed by atoms with Crippen molar-refractivity contribution in [3.8, 4) is 17.2 Å². The van der Waals surface area contributed by atoms with E-state index < -0.39 is 24.5 Å². The van der Waals surface area contributed by atoms with E-state index in [0.717, 1.165) is 12.8 Å². The summed E-state index contributed by atoms with van der Waals surface area (Å²) in [6, 6.07) is 20.2. The van der Waals surface area contributed by atoms with E-state index in [1.807, 2.05) is 19.1 Å². The minimum Gasteiger partial charge on any atom is -0.493 e. The molecule has 0 aliphatic heterocycles. The van der Waals surface area contributed by atoms with Crippen molar-refractivity contribution in [3.63, 3.8) is 0 Å². The van der Waals surface area contributed by atoms with Crippen molar-refractivity contribution in [3.05, 3.63) is 78.4 Å². The van der Waals surface area contributed by atoms with E-state index in [1.165, 1.54) is 12.1 Å². The number of carbonyl (C=O) groups is 4. The lowest BCUT2D eigenvalue weighted by Crippen LogP contribution is -2.21. The topological polar surface area (TPSA) is 129 Å². The fourth-order valence-electron chi connectivity index (χ4n) is 3.37. The Kier molecular flexibility index (Phi) is 11.5.